The maximum atomic E-state index is 6.72. The van der Waals surface area contributed by atoms with Gasteiger partial charge in [-0.3, -0.25) is 4.57 Å². The van der Waals surface area contributed by atoms with Crippen LogP contribution in [0.2, 0.25) is 0 Å². The SMILES string of the molecule is c1ccc2c(c1)ccc1ccc(-c3nc(-n4c5ccccc5c5cc6cc7c8cccc9c%10ccccc%10n(c7cc6cc54)c98)c4oc5ccccc5c4n3)cc12. The summed E-state index contributed by atoms with van der Waals surface area (Å²) in [5.41, 5.74) is 9.07. The topological polar surface area (TPSA) is 48.3 Å². The molecule has 0 N–H and O–H groups in total. The van der Waals surface area contributed by atoms with Crippen molar-refractivity contribution in [1.82, 2.24) is 18.9 Å². The molecule has 57 heavy (non-hydrogen) atoms. The largest absolute Gasteiger partial charge is 0.450 e. The van der Waals surface area contributed by atoms with Crippen LogP contribution in [0.4, 0.5) is 0 Å². The molecule has 0 fully saturated rings. The standard InChI is InChI=1S/C52H28N4O/c1-2-11-34-29(10-1)20-21-30-22-23-31(24-40(30)34)51-53-48-39-14-5-8-19-47(39)57-50(48)52(54-51)56-44-18-7-4-13-36(44)41-25-32-26-42-38-16-9-15-37-35-12-3-6-17-43(35)55(49(37)38)45(42)27-33(32)28-46(41)56/h1-28H. The van der Waals surface area contributed by atoms with Gasteiger partial charge in [0.2, 0.25) is 0 Å². The van der Waals surface area contributed by atoms with Crippen LogP contribution in [-0.2, 0) is 0 Å². The van der Waals surface area contributed by atoms with Crippen LogP contribution in [-0.4, -0.2) is 18.9 Å². The van der Waals surface area contributed by atoms with Crippen molar-refractivity contribution in [3.8, 4) is 17.2 Å². The average molecular weight is 725 g/mol. The van der Waals surface area contributed by atoms with Crippen molar-refractivity contribution in [2.24, 2.45) is 0 Å². The second kappa shape index (κ2) is 10.5. The van der Waals surface area contributed by atoms with E-state index in [9.17, 15) is 0 Å². The number of fused-ring (bicyclic) bond motifs is 16. The molecule has 14 aromatic rings. The van der Waals surface area contributed by atoms with Gasteiger partial charge in [0.1, 0.15) is 11.1 Å². The lowest BCUT2D eigenvalue weighted by molar-refractivity contribution is 0.662. The Morgan fingerprint density at radius 3 is 1.86 bits per heavy atom. The van der Waals surface area contributed by atoms with Gasteiger partial charge in [0.05, 0.1) is 27.6 Å². The summed E-state index contributed by atoms with van der Waals surface area (Å²) in [5.74, 6) is 1.38. The first-order valence-corrected chi connectivity index (χ1v) is 19.4. The Hall–Kier alpha value is -7.76. The van der Waals surface area contributed by atoms with E-state index in [1.807, 2.05) is 18.2 Å². The van der Waals surface area contributed by atoms with Crippen LogP contribution in [0.3, 0.4) is 0 Å². The fourth-order valence-electron chi connectivity index (χ4n) is 9.87. The summed E-state index contributed by atoms with van der Waals surface area (Å²) in [6.45, 7) is 0. The third kappa shape index (κ3) is 3.82. The molecule has 5 aromatic heterocycles. The fraction of sp³-hybridized carbons (Fsp3) is 0. The van der Waals surface area contributed by atoms with E-state index in [1.54, 1.807) is 0 Å². The van der Waals surface area contributed by atoms with E-state index in [4.69, 9.17) is 14.4 Å². The van der Waals surface area contributed by atoms with Gasteiger partial charge < -0.3 is 8.82 Å². The maximum Gasteiger partial charge on any atom is 0.197 e. The lowest BCUT2D eigenvalue weighted by Crippen LogP contribution is -2.02. The van der Waals surface area contributed by atoms with Crippen molar-refractivity contribution in [2.45, 2.75) is 0 Å². The minimum absolute atomic E-state index is 0.657. The molecule has 9 aromatic carbocycles. The molecule has 0 saturated heterocycles. The number of furan rings is 1. The van der Waals surface area contributed by atoms with Gasteiger partial charge in [0.25, 0.3) is 0 Å². The molecule has 5 heterocycles. The zero-order chi connectivity index (χ0) is 36.9. The van der Waals surface area contributed by atoms with Crippen molar-refractivity contribution in [3.63, 3.8) is 0 Å². The zero-order valence-corrected chi connectivity index (χ0v) is 30.4. The molecule has 0 atom stereocenters. The first-order chi connectivity index (χ1) is 28.2. The molecule has 0 amide bonds. The minimum atomic E-state index is 0.657. The van der Waals surface area contributed by atoms with Gasteiger partial charge in [-0.25, -0.2) is 9.97 Å². The van der Waals surface area contributed by atoms with E-state index >= 15 is 0 Å². The van der Waals surface area contributed by atoms with E-state index in [0.29, 0.717) is 11.4 Å². The second-order valence-electron chi connectivity index (χ2n) is 15.4. The van der Waals surface area contributed by atoms with Crippen LogP contribution in [0.25, 0.3) is 131 Å². The van der Waals surface area contributed by atoms with Crippen LogP contribution >= 0.6 is 0 Å². The molecule has 0 aliphatic rings. The smallest absolute Gasteiger partial charge is 0.197 e. The molecule has 0 aliphatic carbocycles. The van der Waals surface area contributed by atoms with Gasteiger partial charge in [-0.1, -0.05) is 115 Å². The Bertz CT molecular complexity index is 4050. The molecule has 5 nitrogen and oxygen atoms in total. The molecule has 0 unspecified atom stereocenters. The van der Waals surface area contributed by atoms with Gasteiger partial charge >= 0.3 is 0 Å². The van der Waals surface area contributed by atoms with Crippen LogP contribution in [0, 0.1) is 0 Å². The van der Waals surface area contributed by atoms with E-state index in [-0.39, 0.29) is 0 Å². The summed E-state index contributed by atoms with van der Waals surface area (Å²) >= 11 is 0. The predicted molar refractivity (Wildman–Crippen MR) is 236 cm³/mol. The third-order valence-electron chi connectivity index (χ3n) is 12.4. The number of benzene rings is 9. The van der Waals surface area contributed by atoms with Crippen LogP contribution < -0.4 is 0 Å². The van der Waals surface area contributed by atoms with E-state index in [0.717, 1.165) is 44.3 Å². The number of hydrogen-bond acceptors (Lipinski definition) is 3. The summed E-state index contributed by atoms with van der Waals surface area (Å²) in [4.78, 5) is 10.7. The van der Waals surface area contributed by atoms with E-state index in [2.05, 4.69) is 161 Å². The number of nitrogens with zero attached hydrogens (tertiary/aromatic N) is 4. The lowest BCUT2D eigenvalue weighted by Gasteiger charge is -2.11. The summed E-state index contributed by atoms with van der Waals surface area (Å²) in [6, 6.07) is 61.2. The first-order valence-electron chi connectivity index (χ1n) is 19.4. The zero-order valence-electron chi connectivity index (χ0n) is 30.4. The molecular weight excluding hydrogens is 697 g/mol. The van der Waals surface area contributed by atoms with E-state index < -0.39 is 0 Å². The number of rotatable bonds is 2. The molecular formula is C52H28N4O. The number of aromatic nitrogens is 4. The molecule has 0 aliphatic heterocycles. The molecule has 0 radical (unpaired) electrons. The summed E-state index contributed by atoms with van der Waals surface area (Å²) < 4.78 is 11.5. The predicted octanol–water partition coefficient (Wildman–Crippen LogP) is 13.7. The Morgan fingerprint density at radius 2 is 1.00 bits per heavy atom. The van der Waals surface area contributed by atoms with Gasteiger partial charge in [-0.15, -0.1) is 0 Å². The maximum absolute atomic E-state index is 6.72. The molecule has 262 valence electrons. The van der Waals surface area contributed by atoms with Crippen LogP contribution in [0.15, 0.2) is 174 Å². The fourth-order valence-corrected chi connectivity index (χ4v) is 9.87. The summed E-state index contributed by atoms with van der Waals surface area (Å²) in [6.07, 6.45) is 0. The molecule has 0 bridgehead atoms. The van der Waals surface area contributed by atoms with Gasteiger partial charge in [0, 0.05) is 43.3 Å². The van der Waals surface area contributed by atoms with Crippen molar-refractivity contribution in [2.75, 3.05) is 0 Å². The van der Waals surface area contributed by atoms with Crippen molar-refractivity contribution in [3.05, 3.63) is 170 Å². The van der Waals surface area contributed by atoms with E-state index in [1.165, 1.54) is 75.8 Å². The lowest BCUT2D eigenvalue weighted by atomic mass is 10.00. The van der Waals surface area contributed by atoms with Crippen molar-refractivity contribution < 1.29 is 4.42 Å². The second-order valence-corrected chi connectivity index (χ2v) is 15.4. The number of para-hydroxylation sites is 4. The Labute approximate surface area is 323 Å². The quantitative estimate of drug-likeness (QED) is 0.167. The Kier molecular flexibility index (Phi) is 5.45. The van der Waals surface area contributed by atoms with Gasteiger partial charge in [-0.2, -0.15) is 0 Å². The van der Waals surface area contributed by atoms with Crippen LogP contribution in [0.5, 0.6) is 0 Å². The molecule has 14 rings (SSSR count). The molecule has 5 heteroatoms. The highest BCUT2D eigenvalue weighted by molar-refractivity contribution is 6.25. The van der Waals surface area contributed by atoms with Gasteiger partial charge in [-0.05, 0) is 86.9 Å². The highest BCUT2D eigenvalue weighted by Gasteiger charge is 2.23. The summed E-state index contributed by atoms with van der Waals surface area (Å²) in [5, 5.41) is 15.6. The monoisotopic (exact) mass is 724 g/mol. The van der Waals surface area contributed by atoms with Crippen molar-refractivity contribution in [1.29, 1.82) is 0 Å². The Balaban J connectivity index is 1.10. The molecule has 0 spiro atoms. The molecule has 0 saturated carbocycles. The summed E-state index contributed by atoms with van der Waals surface area (Å²) in [7, 11) is 0. The average Bonchev–Trinajstić information content (AvgIpc) is 4.00. The minimum Gasteiger partial charge on any atom is -0.450 e. The van der Waals surface area contributed by atoms with Crippen LogP contribution in [0.1, 0.15) is 0 Å². The van der Waals surface area contributed by atoms with Gasteiger partial charge in [0.15, 0.2) is 17.2 Å². The highest BCUT2D eigenvalue weighted by atomic mass is 16.3. The Morgan fingerprint density at radius 1 is 0.386 bits per heavy atom. The number of hydrogen-bond donors (Lipinski definition) is 0. The van der Waals surface area contributed by atoms with Crippen molar-refractivity contribution >= 4 is 114 Å². The highest BCUT2D eigenvalue weighted by Crippen LogP contribution is 2.43. The normalized spacial score (nSPS) is 12.6. The first kappa shape index (κ1) is 29.6. The third-order valence-corrected chi connectivity index (χ3v) is 12.4.